The molecule has 1 aromatic heterocycles. The molecule has 0 atom stereocenters. The number of hydrogen-bond acceptors (Lipinski definition) is 6. The summed E-state index contributed by atoms with van der Waals surface area (Å²) in [5, 5.41) is 24.2. The first-order valence-corrected chi connectivity index (χ1v) is 18.8. The summed E-state index contributed by atoms with van der Waals surface area (Å²) in [6.45, 7) is -1.78. The van der Waals surface area contributed by atoms with Crippen molar-refractivity contribution in [2.24, 2.45) is 0 Å². The molecular weight excluding hydrogens is 778 g/mol. The van der Waals surface area contributed by atoms with Crippen molar-refractivity contribution in [1.82, 2.24) is 8.61 Å². The Morgan fingerprint density at radius 2 is 1.06 bits per heavy atom. The maximum Gasteiger partial charge on any atom is 0.247 e. The van der Waals surface area contributed by atoms with E-state index in [1.807, 2.05) is 0 Å². The Morgan fingerprint density at radius 1 is 0.620 bits per heavy atom. The van der Waals surface area contributed by atoms with Crippen LogP contribution < -0.4 is 4.73 Å². The lowest BCUT2D eigenvalue weighted by atomic mass is 10.2. The van der Waals surface area contributed by atoms with Gasteiger partial charge in [-0.05, 0) is 71.8 Å². The van der Waals surface area contributed by atoms with Gasteiger partial charge in [0, 0.05) is 40.3 Å². The number of pyridine rings is 1. The van der Waals surface area contributed by atoms with E-state index in [0.29, 0.717) is 15.9 Å². The van der Waals surface area contributed by atoms with Gasteiger partial charge in [-0.2, -0.15) is 13.3 Å². The maximum absolute atomic E-state index is 14.0. The average Bonchev–Trinajstić information content (AvgIpc) is 3.05. The van der Waals surface area contributed by atoms with Crippen molar-refractivity contribution >= 4 is 66.5 Å². The van der Waals surface area contributed by atoms with Gasteiger partial charge in [0.25, 0.3) is 0 Å². The number of hydrogen-bond donors (Lipinski definition) is 1. The smallest absolute Gasteiger partial charge is 0.247 e. The van der Waals surface area contributed by atoms with Gasteiger partial charge in [0.1, 0.15) is 29.6 Å². The van der Waals surface area contributed by atoms with Gasteiger partial charge in [-0.15, -0.1) is 0 Å². The number of sulfonamides is 2. The number of benzene rings is 4. The SMILES string of the molecule is O=S(=O)(c1cc(Cl)cc(Cl)c1)N(Cc1ccc(F)cc1)Cc1cccc(CN(Cc2ccc(F)cc2)S(=O)(=O)c2cc(Cl)cc(Cl)c2O)[n+]1[O-]. The summed E-state index contributed by atoms with van der Waals surface area (Å²) >= 11 is 24.3. The number of aromatic hydroxyl groups is 1. The normalized spacial score (nSPS) is 12.2. The molecule has 5 rings (SSSR count). The molecule has 0 spiro atoms. The van der Waals surface area contributed by atoms with Crippen LogP contribution in [0.5, 0.6) is 5.75 Å². The first-order chi connectivity index (χ1) is 23.5. The third kappa shape index (κ3) is 8.67. The predicted molar refractivity (Wildman–Crippen MR) is 186 cm³/mol. The lowest BCUT2D eigenvalue weighted by Crippen LogP contribution is -2.43. The Labute approximate surface area is 307 Å². The Kier molecular flexibility index (Phi) is 11.6. The molecule has 0 amide bonds. The molecule has 262 valence electrons. The lowest BCUT2D eigenvalue weighted by Gasteiger charge is -2.24. The Balaban J connectivity index is 1.56. The molecule has 4 aromatic carbocycles. The summed E-state index contributed by atoms with van der Waals surface area (Å²) in [6.07, 6.45) is 0. The van der Waals surface area contributed by atoms with E-state index in [1.165, 1.54) is 60.7 Å². The standard InChI is InChI=1S/C33H25Cl4F2N3O6S2/c34-23-12-24(35)14-30(13-23)49(45,46)40(17-21-4-8-26(38)9-5-21)19-28-2-1-3-29(42(28)44)20-41(18-22-6-10-27(39)11-7-22)50(47,48)32-16-25(36)15-31(37)33(32)43/h1-16,43H,17-20H2. The van der Waals surface area contributed by atoms with E-state index in [1.54, 1.807) is 0 Å². The largest absolute Gasteiger partial charge is 0.618 e. The number of halogens is 6. The van der Waals surface area contributed by atoms with Crippen LogP contribution in [0.4, 0.5) is 8.78 Å². The molecule has 0 aliphatic heterocycles. The topological polar surface area (TPSA) is 122 Å². The van der Waals surface area contributed by atoms with E-state index in [-0.39, 0.29) is 49.5 Å². The summed E-state index contributed by atoms with van der Waals surface area (Å²) < 4.78 is 85.5. The molecule has 9 nitrogen and oxygen atoms in total. The van der Waals surface area contributed by atoms with Crippen LogP contribution in [0.25, 0.3) is 0 Å². The van der Waals surface area contributed by atoms with Gasteiger partial charge in [-0.1, -0.05) is 70.7 Å². The van der Waals surface area contributed by atoms with Crippen LogP contribution in [0.3, 0.4) is 0 Å². The van der Waals surface area contributed by atoms with Crippen LogP contribution >= 0.6 is 46.4 Å². The van der Waals surface area contributed by atoms with Gasteiger partial charge in [0.05, 0.1) is 9.92 Å². The summed E-state index contributed by atoms with van der Waals surface area (Å²) in [7, 11) is -9.03. The van der Waals surface area contributed by atoms with E-state index in [9.17, 15) is 35.9 Å². The zero-order valence-electron chi connectivity index (χ0n) is 25.5. The Morgan fingerprint density at radius 3 is 1.54 bits per heavy atom. The lowest BCUT2D eigenvalue weighted by molar-refractivity contribution is -0.624. The minimum absolute atomic E-state index is 0.0492. The first-order valence-electron chi connectivity index (χ1n) is 14.4. The molecule has 17 heteroatoms. The second kappa shape index (κ2) is 15.4. The van der Waals surface area contributed by atoms with E-state index in [2.05, 4.69) is 0 Å². The maximum atomic E-state index is 14.0. The quantitative estimate of drug-likeness (QED) is 0.102. The minimum atomic E-state index is -4.64. The van der Waals surface area contributed by atoms with Gasteiger partial charge in [-0.3, -0.25) is 0 Å². The van der Waals surface area contributed by atoms with Gasteiger partial charge in [0.2, 0.25) is 31.4 Å². The van der Waals surface area contributed by atoms with E-state index in [4.69, 9.17) is 46.4 Å². The van der Waals surface area contributed by atoms with E-state index >= 15 is 0 Å². The average molecular weight is 804 g/mol. The zero-order valence-corrected chi connectivity index (χ0v) is 30.1. The van der Waals surface area contributed by atoms with Gasteiger partial charge in [-0.25, -0.2) is 25.6 Å². The van der Waals surface area contributed by atoms with Crippen molar-refractivity contribution < 1.29 is 35.5 Å². The molecule has 5 aromatic rings. The van der Waals surface area contributed by atoms with E-state index in [0.717, 1.165) is 45.0 Å². The van der Waals surface area contributed by atoms with Crippen molar-refractivity contribution in [3.8, 4) is 5.75 Å². The fourth-order valence-corrected chi connectivity index (χ4v) is 9.20. The van der Waals surface area contributed by atoms with Crippen molar-refractivity contribution in [2.75, 3.05) is 0 Å². The highest BCUT2D eigenvalue weighted by molar-refractivity contribution is 7.89. The molecule has 0 aliphatic carbocycles. The molecule has 0 aliphatic rings. The Hall–Kier alpha value is -3.53. The van der Waals surface area contributed by atoms with E-state index < -0.39 is 55.4 Å². The molecule has 1 heterocycles. The van der Waals surface area contributed by atoms with Gasteiger partial charge < -0.3 is 10.3 Å². The third-order valence-corrected chi connectivity index (χ3v) is 11.9. The molecule has 0 fully saturated rings. The van der Waals surface area contributed by atoms with Crippen molar-refractivity contribution in [3.63, 3.8) is 0 Å². The molecule has 0 unspecified atom stereocenters. The van der Waals surface area contributed by atoms with Gasteiger partial charge in [0.15, 0.2) is 5.75 Å². The van der Waals surface area contributed by atoms with Crippen LogP contribution in [0.1, 0.15) is 22.5 Å². The van der Waals surface area contributed by atoms with Crippen LogP contribution in [0, 0.1) is 16.8 Å². The molecule has 0 bridgehead atoms. The Bertz CT molecular complexity index is 2250. The zero-order chi connectivity index (χ0) is 36.4. The highest BCUT2D eigenvalue weighted by atomic mass is 35.5. The van der Waals surface area contributed by atoms with Crippen LogP contribution in [0.2, 0.25) is 20.1 Å². The highest BCUT2D eigenvalue weighted by Gasteiger charge is 2.33. The highest BCUT2D eigenvalue weighted by Crippen LogP contribution is 2.36. The summed E-state index contributed by atoms with van der Waals surface area (Å²) in [5.74, 6) is -1.87. The molecule has 0 radical (unpaired) electrons. The molecule has 1 N–H and O–H groups in total. The molecule has 0 saturated heterocycles. The second-order valence-corrected chi connectivity index (χ2v) is 16.5. The summed E-state index contributed by atoms with van der Waals surface area (Å²) in [4.78, 5) is -0.898. The molecular formula is C33H25Cl4F2N3O6S2. The number of nitrogens with zero attached hydrogens (tertiary/aromatic N) is 3. The number of phenolic OH excluding ortho intramolecular Hbond substituents is 1. The number of phenols is 1. The number of aromatic nitrogens is 1. The van der Waals surface area contributed by atoms with Crippen LogP contribution in [-0.4, -0.2) is 30.6 Å². The molecule has 0 saturated carbocycles. The third-order valence-electron chi connectivity index (χ3n) is 7.40. The van der Waals surface area contributed by atoms with Crippen LogP contribution in [0.15, 0.2) is 107 Å². The van der Waals surface area contributed by atoms with Gasteiger partial charge >= 0.3 is 0 Å². The predicted octanol–water partition coefficient (Wildman–Crippen LogP) is 7.70. The first kappa shape index (κ1) is 37.7. The molecule has 50 heavy (non-hydrogen) atoms. The van der Waals surface area contributed by atoms with Crippen molar-refractivity contribution in [2.45, 2.75) is 36.0 Å². The fraction of sp³-hybridized carbons (Fsp3) is 0.121. The minimum Gasteiger partial charge on any atom is -0.618 e. The summed E-state index contributed by atoms with van der Waals surface area (Å²) in [5.41, 5.74) is 0.501. The number of rotatable bonds is 12. The fourth-order valence-electron chi connectivity index (χ4n) is 4.93. The van der Waals surface area contributed by atoms with Crippen molar-refractivity contribution in [1.29, 1.82) is 0 Å². The second-order valence-electron chi connectivity index (χ2n) is 10.9. The van der Waals surface area contributed by atoms with Crippen molar-refractivity contribution in [3.05, 3.63) is 157 Å². The summed E-state index contributed by atoms with van der Waals surface area (Å²) in [6, 6.07) is 20.1. The van der Waals surface area contributed by atoms with Crippen LogP contribution in [-0.2, 0) is 46.2 Å². The monoisotopic (exact) mass is 801 g/mol.